The van der Waals surface area contributed by atoms with Gasteiger partial charge in [0, 0.05) is 49.9 Å². The van der Waals surface area contributed by atoms with E-state index in [1.807, 2.05) is 17.0 Å². The van der Waals surface area contributed by atoms with Crippen molar-refractivity contribution in [3.05, 3.63) is 24.3 Å². The molecule has 1 N–H and O–H groups in total. The molecule has 0 bridgehead atoms. The van der Waals surface area contributed by atoms with Crippen LogP contribution in [0.4, 0.5) is 11.4 Å². The second-order valence-corrected chi connectivity index (χ2v) is 8.11. The van der Waals surface area contributed by atoms with Gasteiger partial charge >= 0.3 is 0 Å². The average molecular weight is 402 g/mol. The molecule has 0 spiro atoms. The van der Waals surface area contributed by atoms with Crippen LogP contribution < -0.4 is 10.2 Å². The number of nitrogens with zero attached hydrogens (tertiary/aromatic N) is 2. The molecule has 0 saturated carbocycles. The van der Waals surface area contributed by atoms with Crippen molar-refractivity contribution in [1.29, 1.82) is 0 Å². The van der Waals surface area contributed by atoms with Crippen molar-refractivity contribution in [3.63, 3.8) is 0 Å². The van der Waals surface area contributed by atoms with E-state index in [4.69, 9.17) is 0 Å². The summed E-state index contributed by atoms with van der Waals surface area (Å²) < 4.78 is 0. The van der Waals surface area contributed by atoms with E-state index in [0.717, 1.165) is 82.5 Å². The summed E-state index contributed by atoms with van der Waals surface area (Å²) in [6, 6.07) is 8.12. The van der Waals surface area contributed by atoms with Gasteiger partial charge in [-0.25, -0.2) is 0 Å². The first-order chi connectivity index (χ1) is 14.1. The topological polar surface area (TPSA) is 52.7 Å². The zero-order valence-electron chi connectivity index (χ0n) is 18.6. The van der Waals surface area contributed by atoms with Crippen molar-refractivity contribution in [2.45, 2.75) is 72.1 Å². The maximum Gasteiger partial charge on any atom is 0.227 e. The standard InChI is InChI=1S/C24H39N3O2/c1-4-7-9-11-23(28)27-18-16-26(17-19-27)22-14-12-21(13-15-22)25-24(29)20(6-3)10-8-5-2/h12-15,20H,4-11,16-19H2,1-3H3,(H,25,29). The SMILES string of the molecule is CCCCCC(=O)N1CCN(c2ccc(NC(=O)C(CC)CCCC)cc2)CC1. The van der Waals surface area contributed by atoms with Gasteiger partial charge in [0.1, 0.15) is 0 Å². The molecule has 5 heteroatoms. The minimum absolute atomic E-state index is 0.0950. The number of anilines is 2. The first kappa shape index (κ1) is 23.2. The van der Waals surface area contributed by atoms with E-state index in [9.17, 15) is 9.59 Å². The molecule has 2 rings (SSSR count). The van der Waals surface area contributed by atoms with Crippen molar-refractivity contribution >= 4 is 23.2 Å². The molecule has 1 aromatic rings. The highest BCUT2D eigenvalue weighted by Crippen LogP contribution is 2.21. The Labute approximate surface area is 176 Å². The van der Waals surface area contributed by atoms with Gasteiger partial charge in [-0.1, -0.05) is 46.5 Å². The molecule has 5 nitrogen and oxygen atoms in total. The zero-order valence-corrected chi connectivity index (χ0v) is 18.6. The van der Waals surface area contributed by atoms with Crippen molar-refractivity contribution in [3.8, 4) is 0 Å². The lowest BCUT2D eigenvalue weighted by atomic mass is 9.98. The monoisotopic (exact) mass is 401 g/mol. The van der Waals surface area contributed by atoms with Crippen molar-refractivity contribution in [1.82, 2.24) is 4.90 Å². The number of unbranched alkanes of at least 4 members (excludes halogenated alkanes) is 3. The van der Waals surface area contributed by atoms with Crippen LogP contribution in [-0.4, -0.2) is 42.9 Å². The van der Waals surface area contributed by atoms with Crippen LogP contribution >= 0.6 is 0 Å². The van der Waals surface area contributed by atoms with Crippen molar-refractivity contribution in [2.75, 3.05) is 36.4 Å². The van der Waals surface area contributed by atoms with E-state index in [1.54, 1.807) is 0 Å². The van der Waals surface area contributed by atoms with E-state index < -0.39 is 0 Å². The van der Waals surface area contributed by atoms with Gasteiger partial charge in [-0.2, -0.15) is 0 Å². The van der Waals surface area contributed by atoms with Crippen molar-refractivity contribution in [2.24, 2.45) is 5.92 Å². The summed E-state index contributed by atoms with van der Waals surface area (Å²) in [6.45, 7) is 9.70. The summed E-state index contributed by atoms with van der Waals surface area (Å²) in [5.41, 5.74) is 2.01. The fraction of sp³-hybridized carbons (Fsp3) is 0.667. The highest BCUT2D eigenvalue weighted by Gasteiger charge is 2.21. The van der Waals surface area contributed by atoms with Gasteiger partial charge in [0.15, 0.2) is 0 Å². The van der Waals surface area contributed by atoms with Crippen LogP contribution in [-0.2, 0) is 9.59 Å². The second-order valence-electron chi connectivity index (χ2n) is 8.11. The quantitative estimate of drug-likeness (QED) is 0.527. The lowest BCUT2D eigenvalue weighted by Gasteiger charge is -2.36. The molecule has 1 aromatic carbocycles. The lowest BCUT2D eigenvalue weighted by molar-refractivity contribution is -0.131. The summed E-state index contributed by atoms with van der Waals surface area (Å²) >= 11 is 0. The lowest BCUT2D eigenvalue weighted by Crippen LogP contribution is -2.48. The summed E-state index contributed by atoms with van der Waals surface area (Å²) in [5.74, 6) is 0.520. The number of benzene rings is 1. The predicted molar refractivity (Wildman–Crippen MR) is 121 cm³/mol. The fourth-order valence-electron chi connectivity index (χ4n) is 3.87. The highest BCUT2D eigenvalue weighted by molar-refractivity contribution is 5.92. The summed E-state index contributed by atoms with van der Waals surface area (Å²) in [7, 11) is 0. The molecule has 0 aliphatic carbocycles. The summed E-state index contributed by atoms with van der Waals surface area (Å²) in [6.07, 6.45) is 8.01. The normalized spacial score (nSPS) is 15.3. The summed E-state index contributed by atoms with van der Waals surface area (Å²) in [5, 5.41) is 3.07. The molecule has 1 heterocycles. The number of rotatable bonds is 11. The number of nitrogens with one attached hydrogen (secondary N) is 1. The fourth-order valence-corrected chi connectivity index (χ4v) is 3.87. The Bertz CT molecular complexity index is 622. The molecule has 1 saturated heterocycles. The molecule has 1 atom stereocenters. The Kier molecular flexibility index (Phi) is 10.0. The van der Waals surface area contributed by atoms with Crippen LogP contribution in [0.2, 0.25) is 0 Å². The molecule has 1 aliphatic heterocycles. The maximum atomic E-state index is 12.5. The van der Waals surface area contributed by atoms with E-state index in [2.05, 4.69) is 43.1 Å². The van der Waals surface area contributed by atoms with Gasteiger partial charge in [-0.3, -0.25) is 9.59 Å². The molecule has 1 fully saturated rings. The Morgan fingerprint density at radius 3 is 2.17 bits per heavy atom. The summed E-state index contributed by atoms with van der Waals surface area (Å²) in [4.78, 5) is 29.1. The van der Waals surface area contributed by atoms with Gasteiger partial charge < -0.3 is 15.1 Å². The third kappa shape index (κ3) is 7.37. The molecular formula is C24H39N3O2. The van der Waals surface area contributed by atoms with E-state index in [-0.39, 0.29) is 11.8 Å². The second kappa shape index (κ2) is 12.5. The Balaban J connectivity index is 1.82. The minimum atomic E-state index is 0.0950. The largest absolute Gasteiger partial charge is 0.368 e. The first-order valence-corrected chi connectivity index (χ1v) is 11.5. The third-order valence-corrected chi connectivity index (χ3v) is 5.90. The van der Waals surface area contributed by atoms with Gasteiger partial charge in [-0.05, 0) is 43.5 Å². The Hall–Kier alpha value is -2.04. The third-order valence-electron chi connectivity index (χ3n) is 5.90. The number of hydrogen-bond acceptors (Lipinski definition) is 3. The number of amides is 2. The number of hydrogen-bond donors (Lipinski definition) is 1. The van der Waals surface area contributed by atoms with E-state index in [1.165, 1.54) is 0 Å². The zero-order chi connectivity index (χ0) is 21.1. The average Bonchev–Trinajstić information content (AvgIpc) is 2.75. The van der Waals surface area contributed by atoms with Crippen LogP contribution in [0.5, 0.6) is 0 Å². The van der Waals surface area contributed by atoms with Gasteiger partial charge in [0.2, 0.25) is 11.8 Å². The Morgan fingerprint density at radius 2 is 1.59 bits per heavy atom. The van der Waals surface area contributed by atoms with Crippen LogP contribution in [0.3, 0.4) is 0 Å². The van der Waals surface area contributed by atoms with Crippen LogP contribution in [0.15, 0.2) is 24.3 Å². The van der Waals surface area contributed by atoms with E-state index in [0.29, 0.717) is 12.3 Å². The van der Waals surface area contributed by atoms with Crippen LogP contribution in [0, 0.1) is 5.92 Å². The Morgan fingerprint density at radius 1 is 0.931 bits per heavy atom. The predicted octanol–water partition coefficient (Wildman–Crippen LogP) is 5.07. The highest BCUT2D eigenvalue weighted by atomic mass is 16.2. The molecule has 29 heavy (non-hydrogen) atoms. The maximum absolute atomic E-state index is 12.5. The van der Waals surface area contributed by atoms with Crippen LogP contribution in [0.25, 0.3) is 0 Å². The first-order valence-electron chi connectivity index (χ1n) is 11.5. The molecule has 162 valence electrons. The molecule has 1 unspecified atom stereocenters. The minimum Gasteiger partial charge on any atom is -0.368 e. The molecule has 2 amide bonds. The van der Waals surface area contributed by atoms with Gasteiger partial charge in [-0.15, -0.1) is 0 Å². The number of carbonyl (C=O) groups is 2. The smallest absolute Gasteiger partial charge is 0.227 e. The molecular weight excluding hydrogens is 362 g/mol. The van der Waals surface area contributed by atoms with Crippen LogP contribution in [0.1, 0.15) is 72.1 Å². The van der Waals surface area contributed by atoms with Gasteiger partial charge in [0.25, 0.3) is 0 Å². The molecule has 0 aromatic heterocycles. The number of carbonyl (C=O) groups excluding carboxylic acids is 2. The molecule has 0 radical (unpaired) electrons. The number of piperazine rings is 1. The van der Waals surface area contributed by atoms with Crippen molar-refractivity contribution < 1.29 is 9.59 Å². The van der Waals surface area contributed by atoms with E-state index >= 15 is 0 Å². The van der Waals surface area contributed by atoms with Gasteiger partial charge in [0.05, 0.1) is 0 Å². The molecule has 1 aliphatic rings.